The minimum absolute atomic E-state index is 0. The zero-order valence-corrected chi connectivity index (χ0v) is 77.6. The maximum Gasteiger partial charge on any atom is 0.337 e. The van der Waals surface area contributed by atoms with E-state index >= 15 is 0 Å². The molecule has 9 aliphatic rings. The van der Waals surface area contributed by atoms with Crippen LogP contribution in [0.25, 0.3) is 64.4 Å². The Balaban J connectivity index is 0.000000120. The monoisotopic (exact) mass is 1990 g/mol. The van der Waals surface area contributed by atoms with Crippen LogP contribution in [-0.2, 0) is 62.8 Å². The Hall–Kier alpha value is -6.58. The standard InChI is InChI=1S/C30H29Cl2N3O4S.C29H27Cl2N3O4S.C19H20Cl2N2O2.C11H10BrNO2S.HI/c1-3-15-9-17(29(36)37-2)11-24-26(15)33-30(40-24)35-13-18-10-19(35)12-23(18)38-14-20-27(34-39-28(20)16-7-8-16)25-21(31)5-4-6-22(25)32;1-2-14-8-16(28(35)36)10-23-25(14)32-29(39-23)34-12-17-9-18(34)11-22(17)37-13-19-26(33-38-27(19)15-6-7-15)24-20(30)4-3-5-21(24)31;20-14-2-1-3-15(21)17(14)18-13(19(25-23-18)10-4-5-10)9-24-16-7-12-6-11(16)8-22-12;1-3-6-4-7(10(14)15-2)5-8-9(6)13-11(12)16-8;/h4-6,9,11,16,18-19,23H,3,7-8,10,12-14H2,1-2H3;3-5,8,10,15,17-18,22H,2,6-7,9,11-13H2,1H3,(H,35,36);1-3,10-12,16,22H,4-9H2;4-5H,3H2,1-2H3;1H/t18-,19-,23+;17-,18-,22+;11-,12-,16+;;/m000../s1. The fraction of sp³-hybridized carbons (Fsp3) is 0.427. The first-order valence-electron chi connectivity index (χ1n) is 41.0. The fourth-order valence-corrected chi connectivity index (χ4v) is 23.8. The van der Waals surface area contributed by atoms with Gasteiger partial charge in [0.25, 0.3) is 0 Å². The number of thiazole rings is 3. The summed E-state index contributed by atoms with van der Waals surface area (Å²) in [5.74, 6) is 3.92. The summed E-state index contributed by atoms with van der Waals surface area (Å²) in [6.45, 7) is 10.4. The number of rotatable bonds is 23. The number of carboxylic acids is 1. The third-order valence-electron chi connectivity index (χ3n) is 24.9. The summed E-state index contributed by atoms with van der Waals surface area (Å²) >= 11 is 47.0. The van der Waals surface area contributed by atoms with Crippen LogP contribution in [0.1, 0.15) is 197 Å². The third kappa shape index (κ3) is 17.8. The van der Waals surface area contributed by atoms with Crippen LogP contribution in [0.5, 0.6) is 0 Å². The highest BCUT2D eigenvalue weighted by Crippen LogP contribution is 2.53. The summed E-state index contributed by atoms with van der Waals surface area (Å²) in [6.07, 6.45) is 16.0. The van der Waals surface area contributed by atoms with E-state index < -0.39 is 5.97 Å². The van der Waals surface area contributed by atoms with Gasteiger partial charge in [0.05, 0.1) is 130 Å². The molecule has 0 amide bonds. The van der Waals surface area contributed by atoms with Gasteiger partial charge in [-0.15, -0.1) is 35.3 Å². The lowest BCUT2D eigenvalue weighted by Crippen LogP contribution is -2.38. The highest BCUT2D eigenvalue weighted by molar-refractivity contribution is 14.0. The number of aromatic carboxylic acids is 1. The Morgan fingerprint density at radius 3 is 1.17 bits per heavy atom. The minimum atomic E-state index is -0.903. The van der Waals surface area contributed by atoms with Crippen molar-refractivity contribution >= 4 is 202 Å². The van der Waals surface area contributed by atoms with Crippen LogP contribution in [0, 0.1) is 17.8 Å². The number of ether oxygens (including phenoxy) is 5. The first-order valence-corrected chi connectivity index (χ1v) is 46.5. The number of aryl methyl sites for hydroxylation is 3. The number of hydrogen-bond donors (Lipinski definition) is 2. The SMILES string of the molecule is CCc1cc(C(=O)O)cc2sc(N3C[C@@H]4C[C@H]3C[C@H]4OCc3c(-c4c(Cl)cccc4Cl)noc3C3CC3)nc12.CCc1cc(C(=O)OC)cc2sc(Br)nc12.CCc1cc(C(=O)OC)cc2sc(N3C[C@@H]4C[C@H]3C[C@H]4OCc3c(-c4c(Cl)cccc4Cl)noc3C3CC3)nc12.Clc1cccc(Cl)c1-c1noc(C2CC2)c1CO[C@@H]1C[C@@H]2C[C@H]1CN2.I. The summed E-state index contributed by atoms with van der Waals surface area (Å²) < 4.78 is 50.3. The van der Waals surface area contributed by atoms with Gasteiger partial charge in [0.2, 0.25) is 0 Å². The molecule has 12 aromatic rings. The number of nitrogens with one attached hydrogen (secondary N) is 1. The highest BCUT2D eigenvalue weighted by atomic mass is 127. The molecule has 6 bridgehead atoms. The number of esters is 2. The quantitative estimate of drug-likeness (QED) is 0.0446. The number of piperidine rings is 3. The largest absolute Gasteiger partial charge is 0.478 e. The molecule has 3 saturated heterocycles. The molecule has 21 nitrogen and oxygen atoms in total. The van der Waals surface area contributed by atoms with Gasteiger partial charge in [-0.2, -0.15) is 0 Å². The van der Waals surface area contributed by atoms with Gasteiger partial charge in [-0.1, -0.05) is 147 Å². The zero-order valence-electron chi connectivity index (χ0n) is 66.7. The van der Waals surface area contributed by atoms with E-state index in [1.54, 1.807) is 34.8 Å². The molecule has 0 spiro atoms. The molecule has 6 saturated carbocycles. The second-order valence-corrected chi connectivity index (χ2v) is 39.2. The van der Waals surface area contributed by atoms with Crippen LogP contribution in [-0.4, -0.2) is 124 Å². The molecule has 9 fully saturated rings. The molecule has 9 heterocycles. The number of carboxylic acid groups (broad SMARTS) is 1. The summed E-state index contributed by atoms with van der Waals surface area (Å²) in [5, 5.41) is 31.5. The minimum Gasteiger partial charge on any atom is -0.478 e. The highest BCUT2D eigenvalue weighted by Gasteiger charge is 2.49. The van der Waals surface area contributed by atoms with Gasteiger partial charge in [-0.25, -0.2) is 29.3 Å². The van der Waals surface area contributed by atoms with Gasteiger partial charge in [-0.3, -0.25) is 0 Å². The van der Waals surface area contributed by atoms with Crippen molar-refractivity contribution in [2.45, 2.75) is 191 Å². The van der Waals surface area contributed by atoms with E-state index in [-0.39, 0.29) is 48.1 Å². The summed E-state index contributed by atoms with van der Waals surface area (Å²) in [4.78, 5) is 54.5. The van der Waals surface area contributed by atoms with Crippen molar-refractivity contribution in [1.29, 1.82) is 0 Å². The number of anilines is 2. The molecule has 0 unspecified atom stereocenters. The van der Waals surface area contributed by atoms with Gasteiger partial charge >= 0.3 is 17.9 Å². The lowest BCUT2D eigenvalue weighted by molar-refractivity contribution is 0.00912. The van der Waals surface area contributed by atoms with Crippen molar-refractivity contribution in [1.82, 2.24) is 35.7 Å². The Labute approximate surface area is 766 Å². The van der Waals surface area contributed by atoms with Crippen LogP contribution < -0.4 is 15.1 Å². The molecular formula is C89H87BrCl6IN9O12S3. The topological polar surface area (TPSA) is 253 Å². The number of carbonyl (C=O) groups excluding carboxylic acids is 2. The molecule has 9 atom stereocenters. The number of aromatic nitrogens is 6. The molecule has 21 rings (SSSR count). The predicted molar refractivity (Wildman–Crippen MR) is 490 cm³/mol. The van der Waals surface area contributed by atoms with E-state index in [0.717, 1.165) is 216 Å². The number of nitrogens with zero attached hydrogens (tertiary/aromatic N) is 8. The van der Waals surface area contributed by atoms with Crippen LogP contribution in [0.2, 0.25) is 30.1 Å². The summed E-state index contributed by atoms with van der Waals surface area (Å²) in [7, 11) is 2.80. The van der Waals surface area contributed by atoms with Gasteiger partial charge in [0, 0.05) is 101 Å². The first kappa shape index (κ1) is 86.5. The Kier molecular flexibility index (Phi) is 26.3. The van der Waals surface area contributed by atoms with Crippen molar-refractivity contribution in [3.63, 3.8) is 0 Å². The van der Waals surface area contributed by atoms with Crippen LogP contribution in [0.3, 0.4) is 0 Å². The lowest BCUT2D eigenvalue weighted by Gasteiger charge is -2.31. The maximum atomic E-state index is 12.2. The maximum absolute atomic E-state index is 12.2. The van der Waals surface area contributed by atoms with Crippen molar-refractivity contribution in [2.75, 3.05) is 43.7 Å². The number of hydrogen-bond acceptors (Lipinski definition) is 23. The molecule has 121 heavy (non-hydrogen) atoms. The number of methoxy groups -OCH3 is 2. The van der Waals surface area contributed by atoms with Crippen LogP contribution in [0.4, 0.5) is 10.3 Å². The van der Waals surface area contributed by atoms with Crippen LogP contribution >= 0.6 is 144 Å². The third-order valence-corrected chi connectivity index (χ3v) is 30.3. The van der Waals surface area contributed by atoms with Crippen molar-refractivity contribution < 1.29 is 56.7 Å². The van der Waals surface area contributed by atoms with Gasteiger partial charge in [0.1, 0.15) is 34.4 Å². The lowest BCUT2D eigenvalue weighted by atomic mass is 10.0. The second-order valence-electron chi connectivity index (χ2n) is 32.5. The molecule has 6 aliphatic carbocycles. The average molecular weight is 1990 g/mol. The Morgan fingerprint density at radius 2 is 0.843 bits per heavy atom. The smallest absolute Gasteiger partial charge is 0.337 e. The molecule has 2 N–H and O–H groups in total. The average Bonchev–Trinajstić information content (AvgIpc) is 1.61. The van der Waals surface area contributed by atoms with Gasteiger partial charge < -0.3 is 57.5 Å². The van der Waals surface area contributed by atoms with Crippen molar-refractivity contribution in [2.24, 2.45) is 17.8 Å². The molecule has 6 aromatic heterocycles. The van der Waals surface area contributed by atoms with Crippen molar-refractivity contribution in [3.8, 4) is 33.8 Å². The second kappa shape index (κ2) is 36.8. The molecule has 6 aromatic carbocycles. The molecule has 0 radical (unpaired) electrons. The first-order chi connectivity index (χ1) is 58.2. The molecule has 634 valence electrons. The van der Waals surface area contributed by atoms with E-state index in [9.17, 15) is 19.5 Å². The summed E-state index contributed by atoms with van der Waals surface area (Å²) in [5.41, 5.74) is 14.7. The van der Waals surface area contributed by atoms with Gasteiger partial charge in [0.15, 0.2) is 14.2 Å². The van der Waals surface area contributed by atoms with E-state index in [2.05, 4.69) is 58.4 Å². The predicted octanol–water partition coefficient (Wildman–Crippen LogP) is 24.1. The normalized spacial score (nSPS) is 21.7. The number of benzene rings is 6. The van der Waals surface area contributed by atoms with Crippen LogP contribution in [0.15, 0.2) is 108 Å². The van der Waals surface area contributed by atoms with Gasteiger partial charge in [-0.05, 0) is 208 Å². The Bertz CT molecular complexity index is 5870. The fourth-order valence-electron chi connectivity index (χ4n) is 18.3. The summed E-state index contributed by atoms with van der Waals surface area (Å²) in [6, 6.07) is 28.8. The zero-order chi connectivity index (χ0) is 83.1. The van der Waals surface area contributed by atoms with E-state index in [1.165, 1.54) is 32.0 Å². The van der Waals surface area contributed by atoms with E-state index in [0.29, 0.717) is 149 Å². The number of carbonyl (C=O) groups is 3. The van der Waals surface area contributed by atoms with Crippen molar-refractivity contribution in [3.05, 3.63) is 192 Å². The Morgan fingerprint density at radius 1 is 0.488 bits per heavy atom. The molecule has 3 aliphatic heterocycles. The number of fused-ring (bicyclic) bond motifs is 9. The number of halogens is 8. The molecule has 32 heteroatoms. The van der Waals surface area contributed by atoms with E-state index in [4.69, 9.17) is 117 Å². The van der Waals surface area contributed by atoms with E-state index in [1.807, 2.05) is 92.7 Å². The molecular weight excluding hydrogens is 1900 g/mol.